The molecule has 0 saturated carbocycles. The molecular weight excluding hydrogens is 238 g/mol. The molecular formula is C16H25NO2. The minimum Gasteiger partial charge on any atom is -0.469 e. The highest BCUT2D eigenvalue weighted by molar-refractivity contribution is 5.69. The number of methoxy groups -OCH3 is 1. The summed E-state index contributed by atoms with van der Waals surface area (Å²) in [6.07, 6.45) is 0.416. The fourth-order valence-corrected chi connectivity index (χ4v) is 1.96. The average Bonchev–Trinajstić information content (AvgIpc) is 2.37. The molecule has 0 heterocycles. The number of ether oxygens (including phenoxy) is 1. The summed E-state index contributed by atoms with van der Waals surface area (Å²) in [6, 6.07) is 6.60. The van der Waals surface area contributed by atoms with E-state index in [4.69, 9.17) is 0 Å². The van der Waals surface area contributed by atoms with Crippen molar-refractivity contribution < 1.29 is 9.53 Å². The standard InChI is InChI=1S/C16H25NO2/c1-12-6-7-14(10-13(12)2)16(3,4)11-17-9-8-15(18)19-5/h6-7,10,17H,8-9,11H2,1-5H3. The molecule has 1 aromatic carbocycles. The number of rotatable bonds is 6. The van der Waals surface area contributed by atoms with Crippen LogP contribution in [0.4, 0.5) is 0 Å². The fraction of sp³-hybridized carbons (Fsp3) is 0.562. The molecule has 19 heavy (non-hydrogen) atoms. The number of carbonyl (C=O) groups is 1. The van der Waals surface area contributed by atoms with E-state index in [0.29, 0.717) is 13.0 Å². The van der Waals surface area contributed by atoms with Gasteiger partial charge in [0.1, 0.15) is 0 Å². The molecule has 0 unspecified atom stereocenters. The van der Waals surface area contributed by atoms with Crippen LogP contribution in [0.5, 0.6) is 0 Å². The highest BCUT2D eigenvalue weighted by atomic mass is 16.5. The largest absolute Gasteiger partial charge is 0.469 e. The summed E-state index contributed by atoms with van der Waals surface area (Å²) in [4.78, 5) is 11.0. The Morgan fingerprint density at radius 2 is 1.95 bits per heavy atom. The topological polar surface area (TPSA) is 38.3 Å². The minimum atomic E-state index is -0.170. The van der Waals surface area contributed by atoms with Crippen molar-refractivity contribution in [2.45, 2.75) is 39.5 Å². The molecule has 0 aliphatic carbocycles. The third-order valence-electron chi connectivity index (χ3n) is 3.59. The van der Waals surface area contributed by atoms with E-state index < -0.39 is 0 Å². The molecule has 0 aromatic heterocycles. The van der Waals surface area contributed by atoms with Crippen LogP contribution in [-0.4, -0.2) is 26.2 Å². The van der Waals surface area contributed by atoms with Crippen molar-refractivity contribution in [3.05, 3.63) is 34.9 Å². The van der Waals surface area contributed by atoms with Crippen molar-refractivity contribution in [3.8, 4) is 0 Å². The number of nitrogens with one attached hydrogen (secondary N) is 1. The van der Waals surface area contributed by atoms with E-state index in [0.717, 1.165) is 6.54 Å². The lowest BCUT2D eigenvalue weighted by atomic mass is 9.83. The number of carbonyl (C=O) groups excluding carboxylic acids is 1. The van der Waals surface area contributed by atoms with Gasteiger partial charge in [-0.25, -0.2) is 0 Å². The van der Waals surface area contributed by atoms with Crippen molar-refractivity contribution in [1.82, 2.24) is 5.32 Å². The van der Waals surface area contributed by atoms with Crippen LogP contribution in [0.1, 0.15) is 37.0 Å². The van der Waals surface area contributed by atoms with Gasteiger partial charge in [-0.2, -0.15) is 0 Å². The number of esters is 1. The van der Waals surface area contributed by atoms with Crippen LogP contribution < -0.4 is 5.32 Å². The zero-order valence-electron chi connectivity index (χ0n) is 12.7. The maximum atomic E-state index is 11.0. The molecule has 1 rings (SSSR count). The summed E-state index contributed by atoms with van der Waals surface area (Å²) < 4.78 is 4.62. The summed E-state index contributed by atoms with van der Waals surface area (Å²) >= 11 is 0. The average molecular weight is 263 g/mol. The molecule has 3 nitrogen and oxygen atoms in total. The lowest BCUT2D eigenvalue weighted by Gasteiger charge is -2.26. The van der Waals surface area contributed by atoms with E-state index >= 15 is 0 Å². The van der Waals surface area contributed by atoms with E-state index in [-0.39, 0.29) is 11.4 Å². The van der Waals surface area contributed by atoms with Gasteiger partial charge in [0.25, 0.3) is 0 Å². The second-order valence-electron chi connectivity index (χ2n) is 5.69. The Labute approximate surface area is 116 Å². The molecule has 0 saturated heterocycles. The minimum absolute atomic E-state index is 0.0502. The normalized spacial score (nSPS) is 11.4. The second-order valence-corrected chi connectivity index (χ2v) is 5.69. The Morgan fingerprint density at radius 1 is 1.26 bits per heavy atom. The van der Waals surface area contributed by atoms with Crippen molar-refractivity contribution in [3.63, 3.8) is 0 Å². The van der Waals surface area contributed by atoms with Crippen LogP contribution >= 0.6 is 0 Å². The van der Waals surface area contributed by atoms with Crippen LogP contribution in [0.3, 0.4) is 0 Å². The highest BCUT2D eigenvalue weighted by Gasteiger charge is 2.20. The summed E-state index contributed by atoms with van der Waals surface area (Å²) in [5, 5.41) is 3.32. The van der Waals surface area contributed by atoms with E-state index in [1.807, 2.05) is 0 Å². The monoisotopic (exact) mass is 263 g/mol. The Balaban J connectivity index is 2.55. The number of aryl methyl sites for hydroxylation is 2. The van der Waals surface area contributed by atoms with Crippen molar-refractivity contribution >= 4 is 5.97 Å². The van der Waals surface area contributed by atoms with Gasteiger partial charge in [0, 0.05) is 18.5 Å². The molecule has 0 amide bonds. The van der Waals surface area contributed by atoms with E-state index in [1.54, 1.807) is 0 Å². The first kappa shape index (κ1) is 15.7. The van der Waals surface area contributed by atoms with Crippen LogP contribution in [-0.2, 0) is 14.9 Å². The molecule has 0 atom stereocenters. The zero-order valence-corrected chi connectivity index (χ0v) is 12.7. The first-order valence-electron chi connectivity index (χ1n) is 6.72. The summed E-state index contributed by atoms with van der Waals surface area (Å²) in [6.45, 7) is 10.2. The number of hydrogen-bond donors (Lipinski definition) is 1. The first-order valence-corrected chi connectivity index (χ1v) is 6.72. The molecule has 0 spiro atoms. The Hall–Kier alpha value is -1.35. The second kappa shape index (κ2) is 6.71. The van der Waals surface area contributed by atoms with Crippen molar-refractivity contribution in [2.24, 2.45) is 0 Å². The number of hydrogen-bond acceptors (Lipinski definition) is 3. The SMILES string of the molecule is COC(=O)CCNCC(C)(C)c1ccc(C)c(C)c1. The van der Waals surface area contributed by atoms with Crippen LogP contribution in [0.25, 0.3) is 0 Å². The van der Waals surface area contributed by atoms with Gasteiger partial charge in [-0.05, 0) is 30.5 Å². The van der Waals surface area contributed by atoms with E-state index in [9.17, 15) is 4.79 Å². The Kier molecular flexibility index (Phi) is 5.55. The lowest BCUT2D eigenvalue weighted by molar-refractivity contribution is -0.140. The smallest absolute Gasteiger partial charge is 0.306 e. The third-order valence-corrected chi connectivity index (χ3v) is 3.59. The Bertz CT molecular complexity index is 438. The van der Waals surface area contributed by atoms with Crippen molar-refractivity contribution in [2.75, 3.05) is 20.2 Å². The van der Waals surface area contributed by atoms with Gasteiger partial charge >= 0.3 is 5.97 Å². The molecule has 1 aromatic rings. The zero-order chi connectivity index (χ0) is 14.5. The maximum absolute atomic E-state index is 11.0. The molecule has 0 radical (unpaired) electrons. The fourth-order valence-electron chi connectivity index (χ4n) is 1.96. The van der Waals surface area contributed by atoms with Gasteiger partial charge in [-0.3, -0.25) is 4.79 Å². The molecule has 0 fully saturated rings. The van der Waals surface area contributed by atoms with Crippen LogP contribution in [0.2, 0.25) is 0 Å². The third kappa shape index (κ3) is 4.67. The molecule has 0 bridgehead atoms. The highest BCUT2D eigenvalue weighted by Crippen LogP contribution is 2.24. The quantitative estimate of drug-likeness (QED) is 0.633. The summed E-state index contributed by atoms with van der Waals surface area (Å²) in [5.74, 6) is -0.170. The van der Waals surface area contributed by atoms with Crippen molar-refractivity contribution in [1.29, 1.82) is 0 Å². The van der Waals surface area contributed by atoms with Gasteiger partial charge in [0.05, 0.1) is 13.5 Å². The molecule has 1 N–H and O–H groups in total. The van der Waals surface area contributed by atoms with Gasteiger partial charge in [-0.1, -0.05) is 32.0 Å². The van der Waals surface area contributed by atoms with Gasteiger partial charge in [-0.15, -0.1) is 0 Å². The Morgan fingerprint density at radius 3 is 2.53 bits per heavy atom. The van der Waals surface area contributed by atoms with Crippen LogP contribution in [0, 0.1) is 13.8 Å². The molecule has 3 heteroatoms. The van der Waals surface area contributed by atoms with Gasteiger partial charge < -0.3 is 10.1 Å². The lowest BCUT2D eigenvalue weighted by Crippen LogP contribution is -2.34. The molecule has 0 aliphatic rings. The molecule has 0 aliphatic heterocycles. The first-order chi connectivity index (χ1) is 8.86. The summed E-state index contributed by atoms with van der Waals surface area (Å²) in [7, 11) is 1.42. The van der Waals surface area contributed by atoms with Gasteiger partial charge in [0.15, 0.2) is 0 Å². The maximum Gasteiger partial charge on any atom is 0.306 e. The predicted octanol–water partition coefficient (Wildman–Crippen LogP) is 2.73. The number of benzene rings is 1. The molecule has 106 valence electrons. The van der Waals surface area contributed by atoms with Crippen LogP contribution in [0.15, 0.2) is 18.2 Å². The summed E-state index contributed by atoms with van der Waals surface area (Å²) in [5.41, 5.74) is 4.01. The predicted molar refractivity (Wildman–Crippen MR) is 78.4 cm³/mol. The van der Waals surface area contributed by atoms with E-state index in [2.05, 4.69) is 55.9 Å². The van der Waals surface area contributed by atoms with E-state index in [1.165, 1.54) is 23.8 Å². The van der Waals surface area contributed by atoms with Gasteiger partial charge in [0.2, 0.25) is 0 Å².